The van der Waals surface area contributed by atoms with Crippen LogP contribution in [0.3, 0.4) is 0 Å². The molecule has 0 unspecified atom stereocenters. The molecule has 0 spiro atoms. The fourth-order valence-electron chi connectivity index (χ4n) is 1.65. The lowest BCUT2D eigenvalue weighted by Crippen LogP contribution is -1.96. The molecule has 1 heterocycles. The van der Waals surface area contributed by atoms with Crippen LogP contribution in [-0.2, 0) is 13.5 Å². The molecule has 14 heavy (non-hydrogen) atoms. The summed E-state index contributed by atoms with van der Waals surface area (Å²) in [5, 5.41) is 0. The van der Waals surface area contributed by atoms with Gasteiger partial charge in [-0.15, -0.1) is 6.58 Å². The van der Waals surface area contributed by atoms with E-state index in [9.17, 15) is 0 Å². The maximum atomic E-state index is 4.56. The first-order chi connectivity index (χ1) is 6.83. The minimum Gasteiger partial charge on any atom is -0.331 e. The minimum absolute atomic E-state index is 0.967. The minimum atomic E-state index is 0.967. The van der Waals surface area contributed by atoms with E-state index in [1.165, 1.54) is 5.52 Å². The number of hydrogen-bond donors (Lipinski definition) is 0. The summed E-state index contributed by atoms with van der Waals surface area (Å²) in [6.45, 7) is 3.72. The van der Waals surface area contributed by atoms with Crippen LogP contribution in [-0.4, -0.2) is 9.55 Å². The molecule has 0 atom stereocenters. The Labute approximate surface area is 83.9 Å². The molecule has 1 aromatic carbocycles. The van der Waals surface area contributed by atoms with Crippen LogP contribution in [0.15, 0.2) is 36.9 Å². The van der Waals surface area contributed by atoms with Crippen molar-refractivity contribution in [2.24, 2.45) is 7.05 Å². The number of allylic oxidation sites excluding steroid dienone is 1. The average Bonchev–Trinajstić information content (AvgIpc) is 2.54. The maximum absolute atomic E-state index is 4.56. The van der Waals surface area contributed by atoms with Gasteiger partial charge in [0, 0.05) is 13.5 Å². The third-order valence-electron chi connectivity index (χ3n) is 2.45. The highest BCUT2D eigenvalue weighted by Crippen LogP contribution is 2.14. The Hall–Kier alpha value is -1.57. The molecule has 0 saturated carbocycles. The zero-order chi connectivity index (χ0) is 9.97. The molecule has 0 radical (unpaired) electrons. The molecule has 2 nitrogen and oxygen atoms in total. The topological polar surface area (TPSA) is 17.8 Å². The van der Waals surface area contributed by atoms with Gasteiger partial charge in [0.25, 0.3) is 0 Å². The Morgan fingerprint density at radius 1 is 1.43 bits per heavy atom. The zero-order valence-corrected chi connectivity index (χ0v) is 8.40. The normalized spacial score (nSPS) is 10.6. The van der Waals surface area contributed by atoms with E-state index >= 15 is 0 Å². The van der Waals surface area contributed by atoms with Gasteiger partial charge >= 0.3 is 0 Å². The summed E-state index contributed by atoms with van der Waals surface area (Å²) >= 11 is 0. The van der Waals surface area contributed by atoms with Crippen LogP contribution in [0.4, 0.5) is 0 Å². The molecule has 0 fully saturated rings. The van der Waals surface area contributed by atoms with Gasteiger partial charge in [-0.2, -0.15) is 0 Å². The van der Waals surface area contributed by atoms with Gasteiger partial charge in [0.05, 0.1) is 11.0 Å². The predicted molar refractivity (Wildman–Crippen MR) is 59.2 cm³/mol. The molecule has 0 aliphatic rings. The van der Waals surface area contributed by atoms with Crippen molar-refractivity contribution in [1.82, 2.24) is 9.55 Å². The Bertz CT molecular complexity index is 454. The quantitative estimate of drug-likeness (QED) is 0.674. The molecule has 2 heteroatoms. The fourth-order valence-corrected chi connectivity index (χ4v) is 1.65. The molecule has 0 N–H and O–H groups in total. The van der Waals surface area contributed by atoms with E-state index in [1.54, 1.807) is 0 Å². The van der Waals surface area contributed by atoms with Crippen LogP contribution in [0.1, 0.15) is 12.2 Å². The number of fused-ring (bicyclic) bond motifs is 1. The second-order valence-corrected chi connectivity index (χ2v) is 3.40. The number of nitrogens with zero attached hydrogens (tertiary/aromatic N) is 2. The zero-order valence-electron chi connectivity index (χ0n) is 8.40. The third kappa shape index (κ3) is 1.43. The van der Waals surface area contributed by atoms with E-state index in [0.717, 1.165) is 24.2 Å². The molecule has 2 rings (SSSR count). The van der Waals surface area contributed by atoms with Crippen molar-refractivity contribution < 1.29 is 0 Å². The summed E-state index contributed by atoms with van der Waals surface area (Å²) in [4.78, 5) is 4.56. The van der Waals surface area contributed by atoms with Crippen molar-refractivity contribution in [2.45, 2.75) is 12.8 Å². The number of benzene rings is 1. The van der Waals surface area contributed by atoms with E-state index in [2.05, 4.69) is 29.2 Å². The lowest BCUT2D eigenvalue weighted by Gasteiger charge is -1.99. The van der Waals surface area contributed by atoms with Crippen LogP contribution >= 0.6 is 0 Å². The van der Waals surface area contributed by atoms with E-state index in [4.69, 9.17) is 0 Å². The molecule has 0 bridgehead atoms. The highest BCUT2D eigenvalue weighted by Gasteiger charge is 2.04. The highest BCUT2D eigenvalue weighted by atomic mass is 15.1. The van der Waals surface area contributed by atoms with Crippen LogP contribution < -0.4 is 0 Å². The van der Waals surface area contributed by atoms with E-state index in [-0.39, 0.29) is 0 Å². The molecule has 0 saturated heterocycles. The first kappa shape index (κ1) is 9.00. The molecular weight excluding hydrogens is 172 g/mol. The van der Waals surface area contributed by atoms with Gasteiger partial charge in [-0.1, -0.05) is 18.2 Å². The van der Waals surface area contributed by atoms with E-state index in [1.807, 2.05) is 24.3 Å². The monoisotopic (exact) mass is 186 g/mol. The van der Waals surface area contributed by atoms with Crippen LogP contribution in [0.2, 0.25) is 0 Å². The standard InChI is InChI=1S/C12H14N2/c1-3-4-9-12-13-10-7-5-6-8-11(10)14(12)2/h3,5-8H,1,4,9H2,2H3. The molecular formula is C12H14N2. The Kier molecular flexibility index (Phi) is 2.35. The van der Waals surface area contributed by atoms with Crippen molar-refractivity contribution in [3.63, 3.8) is 0 Å². The largest absolute Gasteiger partial charge is 0.331 e. The number of rotatable bonds is 3. The molecule has 0 amide bonds. The second-order valence-electron chi connectivity index (χ2n) is 3.40. The van der Waals surface area contributed by atoms with Gasteiger partial charge in [0.2, 0.25) is 0 Å². The van der Waals surface area contributed by atoms with Gasteiger partial charge in [-0.3, -0.25) is 0 Å². The van der Waals surface area contributed by atoms with Crippen LogP contribution in [0, 0.1) is 0 Å². The predicted octanol–water partition coefficient (Wildman–Crippen LogP) is 2.69. The number of imidazole rings is 1. The summed E-state index contributed by atoms with van der Waals surface area (Å²) < 4.78 is 2.15. The number of aryl methyl sites for hydroxylation is 2. The maximum Gasteiger partial charge on any atom is 0.109 e. The number of aromatic nitrogens is 2. The smallest absolute Gasteiger partial charge is 0.109 e. The Morgan fingerprint density at radius 2 is 2.21 bits per heavy atom. The van der Waals surface area contributed by atoms with Gasteiger partial charge in [0.15, 0.2) is 0 Å². The van der Waals surface area contributed by atoms with Gasteiger partial charge in [0.1, 0.15) is 5.82 Å². The summed E-state index contributed by atoms with van der Waals surface area (Å²) in [5.74, 6) is 1.13. The van der Waals surface area contributed by atoms with Crippen LogP contribution in [0.5, 0.6) is 0 Å². The second kappa shape index (κ2) is 3.66. The SMILES string of the molecule is C=CCCc1nc2ccccc2n1C. The molecule has 72 valence electrons. The summed E-state index contributed by atoms with van der Waals surface area (Å²) in [7, 11) is 2.06. The van der Waals surface area contributed by atoms with Crippen molar-refractivity contribution in [3.8, 4) is 0 Å². The Balaban J connectivity index is 2.46. The average molecular weight is 186 g/mol. The van der Waals surface area contributed by atoms with Crippen LogP contribution in [0.25, 0.3) is 11.0 Å². The molecule has 1 aromatic heterocycles. The highest BCUT2D eigenvalue weighted by molar-refractivity contribution is 5.75. The first-order valence-corrected chi connectivity index (χ1v) is 4.84. The first-order valence-electron chi connectivity index (χ1n) is 4.84. The van der Waals surface area contributed by atoms with E-state index < -0.39 is 0 Å². The van der Waals surface area contributed by atoms with Crippen molar-refractivity contribution >= 4 is 11.0 Å². The molecule has 2 aromatic rings. The summed E-state index contributed by atoms with van der Waals surface area (Å²) in [6.07, 6.45) is 3.88. The van der Waals surface area contributed by atoms with Gasteiger partial charge < -0.3 is 4.57 Å². The Morgan fingerprint density at radius 3 is 2.93 bits per heavy atom. The van der Waals surface area contributed by atoms with Gasteiger partial charge in [-0.25, -0.2) is 4.98 Å². The number of hydrogen-bond acceptors (Lipinski definition) is 1. The summed E-state index contributed by atoms with van der Waals surface area (Å²) in [6, 6.07) is 8.21. The molecule has 0 aliphatic heterocycles. The number of para-hydroxylation sites is 2. The van der Waals surface area contributed by atoms with Crippen molar-refractivity contribution in [1.29, 1.82) is 0 Å². The fraction of sp³-hybridized carbons (Fsp3) is 0.250. The molecule has 0 aliphatic carbocycles. The third-order valence-corrected chi connectivity index (χ3v) is 2.45. The van der Waals surface area contributed by atoms with Gasteiger partial charge in [-0.05, 0) is 18.6 Å². The lowest BCUT2D eigenvalue weighted by molar-refractivity contribution is 0.798. The van der Waals surface area contributed by atoms with Crippen molar-refractivity contribution in [3.05, 3.63) is 42.7 Å². The van der Waals surface area contributed by atoms with E-state index in [0.29, 0.717) is 0 Å². The lowest BCUT2D eigenvalue weighted by atomic mass is 10.3. The van der Waals surface area contributed by atoms with Crippen molar-refractivity contribution in [2.75, 3.05) is 0 Å². The summed E-state index contributed by atoms with van der Waals surface area (Å²) in [5.41, 5.74) is 2.28.